The molecule has 0 bridgehead atoms. The lowest BCUT2D eigenvalue weighted by atomic mass is 9.95. The second-order valence-corrected chi connectivity index (χ2v) is 8.70. The fraction of sp³-hybridized carbons (Fsp3) is 0.588. The van der Waals surface area contributed by atoms with Crippen LogP contribution < -0.4 is 0 Å². The molecule has 3 rings (SSSR count). The number of piperidine rings is 1. The minimum Gasteiger partial charge on any atom is -0.272 e. The van der Waals surface area contributed by atoms with Crippen LogP contribution in [0.5, 0.6) is 0 Å². The van der Waals surface area contributed by atoms with Crippen LogP contribution in [0, 0.1) is 5.92 Å². The van der Waals surface area contributed by atoms with Crippen LogP contribution in [0.1, 0.15) is 31.9 Å². The lowest BCUT2D eigenvalue weighted by molar-refractivity contribution is 0.265. The molecule has 2 aromatic heterocycles. The molecule has 0 saturated carbocycles. The van der Waals surface area contributed by atoms with Gasteiger partial charge in [0.1, 0.15) is 0 Å². The van der Waals surface area contributed by atoms with Crippen molar-refractivity contribution in [2.24, 2.45) is 5.92 Å². The molecule has 0 spiro atoms. The van der Waals surface area contributed by atoms with Crippen molar-refractivity contribution in [3.05, 3.63) is 30.5 Å². The van der Waals surface area contributed by atoms with Gasteiger partial charge in [-0.1, -0.05) is 6.92 Å². The first-order chi connectivity index (χ1) is 12.0. The molecule has 0 unspecified atom stereocenters. The van der Waals surface area contributed by atoms with E-state index in [0.29, 0.717) is 19.0 Å². The zero-order valence-corrected chi connectivity index (χ0v) is 15.6. The normalized spacial score (nSPS) is 19.2. The standard InChI is InChI=1S/C17H25N5O2S/c1-3-6-21-13-15(9-20-21)17-11-18-16(10-19-17)8-14-5-4-7-22(12-14)25(2,23)24/h9-11,13-14H,3-8,12H2,1-2H3/t14-/m1/s1. The highest BCUT2D eigenvalue weighted by Gasteiger charge is 2.26. The molecule has 1 atom stereocenters. The molecule has 0 radical (unpaired) electrons. The second kappa shape index (κ2) is 7.61. The molecule has 1 aliphatic rings. The largest absolute Gasteiger partial charge is 0.272 e. The van der Waals surface area contributed by atoms with E-state index in [1.807, 2.05) is 17.1 Å². The molecule has 1 fully saturated rings. The minimum atomic E-state index is -3.11. The van der Waals surface area contributed by atoms with Crippen LogP contribution in [-0.2, 0) is 23.0 Å². The third-order valence-corrected chi connectivity index (χ3v) is 5.81. The lowest BCUT2D eigenvalue weighted by Crippen LogP contribution is -2.39. The predicted molar refractivity (Wildman–Crippen MR) is 96.4 cm³/mol. The van der Waals surface area contributed by atoms with Gasteiger partial charge in [0.05, 0.1) is 30.0 Å². The number of sulfonamides is 1. The van der Waals surface area contributed by atoms with Gasteiger partial charge in [-0.05, 0) is 31.6 Å². The van der Waals surface area contributed by atoms with Crippen molar-refractivity contribution in [2.45, 2.75) is 39.2 Å². The average molecular weight is 363 g/mol. The quantitative estimate of drug-likeness (QED) is 0.784. The van der Waals surface area contributed by atoms with Crippen LogP contribution in [0.15, 0.2) is 24.8 Å². The smallest absolute Gasteiger partial charge is 0.211 e. The topological polar surface area (TPSA) is 81.0 Å². The molecule has 8 heteroatoms. The van der Waals surface area contributed by atoms with E-state index in [0.717, 1.165) is 49.2 Å². The first-order valence-electron chi connectivity index (χ1n) is 8.74. The molecular formula is C17H25N5O2S. The van der Waals surface area contributed by atoms with E-state index in [2.05, 4.69) is 22.0 Å². The molecule has 136 valence electrons. The van der Waals surface area contributed by atoms with Gasteiger partial charge in [0.2, 0.25) is 10.0 Å². The van der Waals surface area contributed by atoms with Gasteiger partial charge < -0.3 is 0 Å². The van der Waals surface area contributed by atoms with Gasteiger partial charge in [0.15, 0.2) is 0 Å². The first-order valence-corrected chi connectivity index (χ1v) is 10.6. The Kier molecular flexibility index (Phi) is 5.48. The summed E-state index contributed by atoms with van der Waals surface area (Å²) in [5, 5.41) is 4.32. The van der Waals surface area contributed by atoms with Crippen molar-refractivity contribution >= 4 is 10.0 Å². The van der Waals surface area contributed by atoms with E-state index in [1.54, 1.807) is 16.7 Å². The van der Waals surface area contributed by atoms with Gasteiger partial charge in [-0.3, -0.25) is 14.6 Å². The number of nitrogens with zero attached hydrogens (tertiary/aromatic N) is 5. The maximum Gasteiger partial charge on any atom is 0.211 e. The Hall–Kier alpha value is -1.80. The van der Waals surface area contributed by atoms with E-state index >= 15 is 0 Å². The second-order valence-electron chi connectivity index (χ2n) is 6.72. The fourth-order valence-electron chi connectivity index (χ4n) is 3.25. The molecule has 7 nitrogen and oxygen atoms in total. The zero-order valence-electron chi connectivity index (χ0n) is 14.8. The summed E-state index contributed by atoms with van der Waals surface area (Å²) in [5.74, 6) is 0.302. The van der Waals surface area contributed by atoms with Gasteiger partial charge in [-0.15, -0.1) is 0 Å². The van der Waals surface area contributed by atoms with Gasteiger partial charge >= 0.3 is 0 Å². The number of rotatable bonds is 6. The molecule has 0 N–H and O–H groups in total. The number of hydrogen-bond donors (Lipinski definition) is 0. The van der Waals surface area contributed by atoms with E-state index in [-0.39, 0.29) is 0 Å². The van der Waals surface area contributed by atoms with Crippen molar-refractivity contribution in [2.75, 3.05) is 19.3 Å². The van der Waals surface area contributed by atoms with Crippen LogP contribution in [0.3, 0.4) is 0 Å². The highest BCUT2D eigenvalue weighted by Crippen LogP contribution is 2.22. The molecule has 1 saturated heterocycles. The lowest BCUT2D eigenvalue weighted by Gasteiger charge is -2.30. The van der Waals surface area contributed by atoms with E-state index in [1.165, 1.54) is 6.26 Å². The molecule has 2 aromatic rings. The Bertz CT molecular complexity index is 801. The SMILES string of the molecule is CCCn1cc(-c2cnc(C[C@H]3CCCN(S(C)(=O)=O)C3)cn2)cn1. The molecule has 0 amide bonds. The summed E-state index contributed by atoms with van der Waals surface area (Å²) in [6.07, 6.45) is 12.4. The molecule has 1 aliphatic heterocycles. The summed E-state index contributed by atoms with van der Waals surface area (Å²) in [6.45, 7) is 4.21. The summed E-state index contributed by atoms with van der Waals surface area (Å²) in [4.78, 5) is 9.03. The van der Waals surface area contributed by atoms with Crippen molar-refractivity contribution in [1.82, 2.24) is 24.1 Å². The highest BCUT2D eigenvalue weighted by atomic mass is 32.2. The molecule has 3 heterocycles. The molecule has 0 aliphatic carbocycles. The molecule has 25 heavy (non-hydrogen) atoms. The monoisotopic (exact) mass is 363 g/mol. The van der Waals surface area contributed by atoms with E-state index in [4.69, 9.17) is 0 Å². The van der Waals surface area contributed by atoms with Crippen LogP contribution >= 0.6 is 0 Å². The minimum absolute atomic E-state index is 0.302. The van der Waals surface area contributed by atoms with Crippen molar-refractivity contribution < 1.29 is 8.42 Å². The van der Waals surface area contributed by atoms with Crippen LogP contribution in [0.25, 0.3) is 11.3 Å². The zero-order chi connectivity index (χ0) is 17.9. The third-order valence-electron chi connectivity index (χ3n) is 4.54. The van der Waals surface area contributed by atoms with Gasteiger partial charge in [-0.2, -0.15) is 5.10 Å². The van der Waals surface area contributed by atoms with Gasteiger partial charge in [0, 0.05) is 37.6 Å². The fourth-order valence-corrected chi connectivity index (χ4v) is 4.19. The number of aromatic nitrogens is 4. The van der Waals surface area contributed by atoms with E-state index in [9.17, 15) is 8.42 Å². The Morgan fingerprint density at radius 3 is 2.76 bits per heavy atom. The molecule has 0 aromatic carbocycles. The van der Waals surface area contributed by atoms with Crippen LogP contribution in [0.4, 0.5) is 0 Å². The Morgan fingerprint density at radius 2 is 2.08 bits per heavy atom. The highest BCUT2D eigenvalue weighted by molar-refractivity contribution is 7.88. The van der Waals surface area contributed by atoms with Crippen molar-refractivity contribution in [3.8, 4) is 11.3 Å². The summed E-state index contributed by atoms with van der Waals surface area (Å²) < 4.78 is 26.9. The summed E-state index contributed by atoms with van der Waals surface area (Å²) in [5.41, 5.74) is 2.69. The Balaban J connectivity index is 1.64. The maximum atomic E-state index is 11.7. The Labute approximate surface area is 149 Å². The van der Waals surface area contributed by atoms with Crippen molar-refractivity contribution in [1.29, 1.82) is 0 Å². The average Bonchev–Trinajstić information content (AvgIpc) is 3.04. The first kappa shape index (κ1) is 18.0. The Morgan fingerprint density at radius 1 is 1.24 bits per heavy atom. The van der Waals surface area contributed by atoms with Gasteiger partial charge in [0.25, 0.3) is 0 Å². The van der Waals surface area contributed by atoms with Crippen molar-refractivity contribution in [3.63, 3.8) is 0 Å². The van der Waals surface area contributed by atoms with Gasteiger partial charge in [-0.25, -0.2) is 12.7 Å². The summed E-state index contributed by atoms with van der Waals surface area (Å²) in [6, 6.07) is 0. The number of aryl methyl sites for hydroxylation is 1. The molecular weight excluding hydrogens is 338 g/mol. The van der Waals surface area contributed by atoms with E-state index < -0.39 is 10.0 Å². The summed E-state index contributed by atoms with van der Waals surface area (Å²) in [7, 11) is -3.11. The third kappa shape index (κ3) is 4.64. The summed E-state index contributed by atoms with van der Waals surface area (Å²) >= 11 is 0. The predicted octanol–water partition coefficient (Wildman–Crippen LogP) is 1.96. The maximum absolute atomic E-state index is 11.7. The van der Waals surface area contributed by atoms with Crippen LogP contribution in [-0.4, -0.2) is 51.8 Å². The number of hydrogen-bond acceptors (Lipinski definition) is 5. The van der Waals surface area contributed by atoms with Crippen LogP contribution in [0.2, 0.25) is 0 Å².